The summed E-state index contributed by atoms with van der Waals surface area (Å²) in [4.78, 5) is 18.9. The van der Waals surface area contributed by atoms with Crippen LogP contribution in [0.5, 0.6) is 0 Å². The summed E-state index contributed by atoms with van der Waals surface area (Å²) < 4.78 is 13.7. The van der Waals surface area contributed by atoms with E-state index in [0.29, 0.717) is 11.3 Å². The van der Waals surface area contributed by atoms with E-state index in [4.69, 9.17) is 0 Å². The molecule has 1 aliphatic rings. The molecule has 1 N–H and O–H groups in total. The second-order valence-corrected chi connectivity index (χ2v) is 6.56. The second-order valence-electron chi connectivity index (χ2n) is 6.56. The van der Waals surface area contributed by atoms with Crippen LogP contribution in [0.25, 0.3) is 0 Å². The lowest BCUT2D eigenvalue weighted by atomic mass is 10.0. The van der Waals surface area contributed by atoms with Crippen LogP contribution in [-0.2, 0) is 13.0 Å². The fourth-order valence-corrected chi connectivity index (χ4v) is 3.42. The average Bonchev–Trinajstić information content (AvgIpc) is 2.72. The Bertz CT molecular complexity index is 973. The summed E-state index contributed by atoms with van der Waals surface area (Å²) >= 11 is 0. The maximum atomic E-state index is 13.7. The Morgan fingerprint density at radius 1 is 1.11 bits per heavy atom. The van der Waals surface area contributed by atoms with E-state index in [1.165, 1.54) is 17.3 Å². The van der Waals surface area contributed by atoms with Crippen molar-refractivity contribution in [2.24, 2.45) is 0 Å². The number of pyridine rings is 1. The third-order valence-electron chi connectivity index (χ3n) is 4.80. The van der Waals surface area contributed by atoms with E-state index in [0.717, 1.165) is 25.1 Å². The maximum Gasteiger partial charge on any atom is 0.270 e. The highest BCUT2D eigenvalue weighted by Crippen LogP contribution is 2.33. The van der Waals surface area contributed by atoms with Crippen LogP contribution in [0.2, 0.25) is 0 Å². The Kier molecular flexibility index (Phi) is 4.83. The summed E-state index contributed by atoms with van der Waals surface area (Å²) in [7, 11) is 0. The third kappa shape index (κ3) is 3.67. The number of nitrogens with zero attached hydrogens (tertiary/aromatic N) is 2. The van der Waals surface area contributed by atoms with Crippen LogP contribution in [-0.4, -0.2) is 17.4 Å². The van der Waals surface area contributed by atoms with Crippen LogP contribution >= 0.6 is 0 Å². The van der Waals surface area contributed by atoms with Gasteiger partial charge < -0.3 is 10.2 Å². The number of rotatable bonds is 4. The van der Waals surface area contributed by atoms with Crippen molar-refractivity contribution in [3.8, 4) is 0 Å². The Morgan fingerprint density at radius 3 is 2.81 bits per heavy atom. The van der Waals surface area contributed by atoms with Gasteiger partial charge in [0.05, 0.1) is 0 Å². The Labute approximate surface area is 157 Å². The number of nitrogens with one attached hydrogen (secondary N) is 1. The number of benzene rings is 2. The molecule has 0 saturated heterocycles. The lowest BCUT2D eigenvalue weighted by molar-refractivity contribution is 0.0945. The first kappa shape index (κ1) is 17.2. The van der Waals surface area contributed by atoms with Crippen molar-refractivity contribution < 1.29 is 9.18 Å². The molecule has 1 aliphatic heterocycles. The zero-order chi connectivity index (χ0) is 18.6. The Morgan fingerprint density at radius 2 is 1.93 bits per heavy atom. The number of para-hydroxylation sites is 1. The number of fused-ring (bicyclic) bond motifs is 1. The number of hydrogen-bond acceptors (Lipinski definition) is 3. The quantitative estimate of drug-likeness (QED) is 0.756. The van der Waals surface area contributed by atoms with E-state index in [2.05, 4.69) is 33.4 Å². The summed E-state index contributed by atoms with van der Waals surface area (Å²) in [5.41, 5.74) is 4.20. The van der Waals surface area contributed by atoms with Gasteiger partial charge in [-0.25, -0.2) is 4.39 Å². The fourth-order valence-electron chi connectivity index (χ4n) is 3.42. The molecule has 1 aromatic heterocycles. The number of aryl methyl sites for hydroxylation is 1. The van der Waals surface area contributed by atoms with Crippen LogP contribution < -0.4 is 10.2 Å². The molecule has 2 heterocycles. The van der Waals surface area contributed by atoms with Gasteiger partial charge in [0, 0.05) is 36.2 Å². The maximum absolute atomic E-state index is 13.7. The molecule has 0 saturated carbocycles. The highest BCUT2D eigenvalue weighted by atomic mass is 19.1. The van der Waals surface area contributed by atoms with Gasteiger partial charge in [-0.2, -0.15) is 0 Å². The molecule has 0 unspecified atom stereocenters. The number of halogens is 1. The minimum atomic E-state index is -0.329. The lowest BCUT2D eigenvalue weighted by Crippen LogP contribution is -2.26. The number of anilines is 2. The van der Waals surface area contributed by atoms with Gasteiger partial charge in [0.15, 0.2) is 0 Å². The smallest absolute Gasteiger partial charge is 0.270 e. The van der Waals surface area contributed by atoms with Crippen molar-refractivity contribution in [1.82, 2.24) is 10.3 Å². The van der Waals surface area contributed by atoms with E-state index in [1.807, 2.05) is 12.1 Å². The zero-order valence-corrected chi connectivity index (χ0v) is 14.9. The van der Waals surface area contributed by atoms with Gasteiger partial charge in [-0.15, -0.1) is 0 Å². The van der Waals surface area contributed by atoms with Crippen molar-refractivity contribution in [3.63, 3.8) is 0 Å². The van der Waals surface area contributed by atoms with E-state index in [-0.39, 0.29) is 18.3 Å². The zero-order valence-electron chi connectivity index (χ0n) is 14.9. The van der Waals surface area contributed by atoms with Crippen LogP contribution in [0.3, 0.4) is 0 Å². The highest BCUT2D eigenvalue weighted by Gasteiger charge is 2.19. The molecule has 4 nitrogen and oxygen atoms in total. The van der Waals surface area contributed by atoms with Crippen LogP contribution in [0, 0.1) is 5.82 Å². The SMILES string of the molecule is O=C(NCc1ccccc1F)c1cc(N2CCCc3ccccc32)ccn1. The molecule has 4 rings (SSSR count). The number of hydrogen-bond donors (Lipinski definition) is 1. The monoisotopic (exact) mass is 361 g/mol. The summed E-state index contributed by atoms with van der Waals surface area (Å²) in [5.74, 6) is -0.644. The van der Waals surface area contributed by atoms with Gasteiger partial charge in [0.1, 0.15) is 11.5 Å². The van der Waals surface area contributed by atoms with Gasteiger partial charge in [-0.3, -0.25) is 9.78 Å². The number of carbonyl (C=O) groups is 1. The van der Waals surface area contributed by atoms with E-state index >= 15 is 0 Å². The van der Waals surface area contributed by atoms with Crippen LogP contribution in [0.15, 0.2) is 66.9 Å². The first-order valence-corrected chi connectivity index (χ1v) is 9.05. The van der Waals surface area contributed by atoms with Crippen molar-refractivity contribution in [2.45, 2.75) is 19.4 Å². The van der Waals surface area contributed by atoms with Gasteiger partial charge >= 0.3 is 0 Å². The molecule has 2 aromatic carbocycles. The summed E-state index contributed by atoms with van der Waals surface area (Å²) in [5, 5.41) is 2.75. The van der Waals surface area contributed by atoms with E-state index < -0.39 is 0 Å². The average molecular weight is 361 g/mol. The van der Waals surface area contributed by atoms with Gasteiger partial charge in [-0.1, -0.05) is 36.4 Å². The normalized spacial score (nSPS) is 13.1. The summed E-state index contributed by atoms with van der Waals surface area (Å²) in [6.45, 7) is 1.03. The topological polar surface area (TPSA) is 45.2 Å². The largest absolute Gasteiger partial charge is 0.347 e. The molecule has 0 radical (unpaired) electrons. The summed E-state index contributed by atoms with van der Waals surface area (Å²) in [6.07, 6.45) is 3.77. The van der Waals surface area contributed by atoms with Crippen molar-refractivity contribution in [2.75, 3.05) is 11.4 Å². The highest BCUT2D eigenvalue weighted by molar-refractivity contribution is 5.93. The first-order chi connectivity index (χ1) is 13.2. The molecule has 0 atom stereocenters. The first-order valence-electron chi connectivity index (χ1n) is 9.05. The van der Waals surface area contributed by atoms with Gasteiger partial charge in [-0.05, 0) is 42.7 Å². The third-order valence-corrected chi connectivity index (χ3v) is 4.80. The number of carbonyl (C=O) groups excluding carboxylic acids is 1. The number of amides is 1. The van der Waals surface area contributed by atoms with Gasteiger partial charge in [0.25, 0.3) is 5.91 Å². The number of aromatic nitrogens is 1. The minimum absolute atomic E-state index is 0.129. The molecule has 0 bridgehead atoms. The Hall–Kier alpha value is -3.21. The molecule has 3 aromatic rings. The van der Waals surface area contributed by atoms with E-state index in [9.17, 15) is 9.18 Å². The predicted octanol–water partition coefficient (Wildman–Crippen LogP) is 4.24. The molecule has 27 heavy (non-hydrogen) atoms. The molecule has 136 valence electrons. The predicted molar refractivity (Wildman–Crippen MR) is 104 cm³/mol. The molecule has 1 amide bonds. The van der Waals surface area contributed by atoms with Crippen LogP contribution in [0.4, 0.5) is 15.8 Å². The van der Waals surface area contributed by atoms with Gasteiger partial charge in [0.2, 0.25) is 0 Å². The molecular formula is C22H20FN3O. The molecular weight excluding hydrogens is 341 g/mol. The standard InChI is InChI=1S/C22H20FN3O/c23-19-9-3-1-7-17(19)15-25-22(27)20-14-18(11-12-24-20)26-13-5-8-16-6-2-4-10-21(16)26/h1-4,6-7,9-12,14H,5,8,13,15H2,(H,25,27). The van der Waals surface area contributed by atoms with Crippen molar-refractivity contribution in [1.29, 1.82) is 0 Å². The lowest BCUT2D eigenvalue weighted by Gasteiger charge is -2.31. The van der Waals surface area contributed by atoms with Crippen LogP contribution in [0.1, 0.15) is 28.0 Å². The van der Waals surface area contributed by atoms with Crippen molar-refractivity contribution in [3.05, 3.63) is 89.5 Å². The second kappa shape index (κ2) is 7.58. The fraction of sp³-hybridized carbons (Fsp3) is 0.182. The molecule has 5 heteroatoms. The van der Waals surface area contributed by atoms with E-state index in [1.54, 1.807) is 30.5 Å². The molecule has 0 fully saturated rings. The Balaban J connectivity index is 1.53. The van der Waals surface area contributed by atoms with Crippen molar-refractivity contribution >= 4 is 17.3 Å². The molecule has 0 spiro atoms. The molecule has 0 aliphatic carbocycles. The summed E-state index contributed by atoms with van der Waals surface area (Å²) in [6, 6.07) is 18.4. The minimum Gasteiger partial charge on any atom is -0.347 e.